The molecule has 2 aliphatic rings. The third-order valence-electron chi connectivity index (χ3n) is 5.74. The van der Waals surface area contributed by atoms with Gasteiger partial charge in [0, 0.05) is 32.3 Å². The molecule has 0 aliphatic carbocycles. The monoisotopic (exact) mass is 383 g/mol. The highest BCUT2D eigenvalue weighted by Crippen LogP contribution is 2.18. The number of carbonyl (C=O) groups excluding carboxylic acids is 1. The first-order valence-corrected chi connectivity index (χ1v) is 10.3. The Morgan fingerprint density at radius 3 is 2.75 bits per heavy atom. The van der Waals surface area contributed by atoms with Crippen molar-refractivity contribution < 1.29 is 9.53 Å². The largest absolute Gasteiger partial charge is 0.368 e. The van der Waals surface area contributed by atoms with E-state index in [2.05, 4.69) is 44.3 Å². The fourth-order valence-corrected chi connectivity index (χ4v) is 4.01. The van der Waals surface area contributed by atoms with E-state index in [4.69, 9.17) is 4.74 Å². The van der Waals surface area contributed by atoms with Crippen LogP contribution < -0.4 is 5.32 Å². The van der Waals surface area contributed by atoms with Crippen LogP contribution in [-0.2, 0) is 29.0 Å². The molecule has 2 aliphatic heterocycles. The minimum atomic E-state index is -0.201. The molecule has 0 radical (unpaired) electrons. The van der Waals surface area contributed by atoms with Crippen molar-refractivity contribution in [2.45, 2.75) is 57.3 Å². The van der Waals surface area contributed by atoms with Crippen molar-refractivity contribution in [3.63, 3.8) is 0 Å². The molecule has 28 heavy (non-hydrogen) atoms. The van der Waals surface area contributed by atoms with Crippen molar-refractivity contribution >= 4 is 5.91 Å². The summed E-state index contributed by atoms with van der Waals surface area (Å²) in [5.74, 6) is 1.14. The number of piperidine rings is 1. The molecule has 2 saturated heterocycles. The third kappa shape index (κ3) is 4.77. The van der Waals surface area contributed by atoms with E-state index in [1.165, 1.54) is 5.56 Å². The lowest BCUT2D eigenvalue weighted by Crippen LogP contribution is -2.47. The Bertz CT molecular complexity index is 749. The van der Waals surface area contributed by atoms with Crippen LogP contribution in [0, 0.1) is 0 Å². The van der Waals surface area contributed by atoms with Crippen LogP contribution in [-0.4, -0.2) is 57.4 Å². The minimum Gasteiger partial charge on any atom is -0.368 e. The molecule has 3 heterocycles. The Morgan fingerprint density at radius 2 is 2.00 bits per heavy atom. The van der Waals surface area contributed by atoms with Crippen LogP contribution in [0.4, 0.5) is 0 Å². The van der Waals surface area contributed by atoms with Crippen molar-refractivity contribution in [2.24, 2.45) is 0 Å². The average Bonchev–Trinajstić information content (AvgIpc) is 3.43. The summed E-state index contributed by atoms with van der Waals surface area (Å²) < 4.78 is 7.66. The van der Waals surface area contributed by atoms with Gasteiger partial charge in [-0.25, -0.2) is 0 Å². The molecule has 7 heteroatoms. The van der Waals surface area contributed by atoms with Gasteiger partial charge in [-0.1, -0.05) is 30.3 Å². The number of hydrogen-bond acceptors (Lipinski definition) is 5. The zero-order chi connectivity index (χ0) is 19.2. The van der Waals surface area contributed by atoms with Gasteiger partial charge in [0.2, 0.25) is 0 Å². The molecular formula is C21H29N5O2. The van der Waals surface area contributed by atoms with Crippen molar-refractivity contribution in [3.8, 4) is 0 Å². The van der Waals surface area contributed by atoms with Gasteiger partial charge in [-0.15, -0.1) is 10.2 Å². The van der Waals surface area contributed by atoms with Crippen molar-refractivity contribution in [1.82, 2.24) is 25.0 Å². The van der Waals surface area contributed by atoms with Gasteiger partial charge in [0.25, 0.3) is 5.91 Å². The number of aryl methyl sites for hydroxylation is 2. The molecule has 150 valence electrons. The average molecular weight is 383 g/mol. The number of ether oxygens (including phenoxy) is 1. The van der Waals surface area contributed by atoms with Crippen LogP contribution in [0.3, 0.4) is 0 Å². The molecule has 2 aromatic rings. The number of benzene rings is 1. The molecule has 0 spiro atoms. The molecule has 0 bridgehead atoms. The topological polar surface area (TPSA) is 72.3 Å². The van der Waals surface area contributed by atoms with Gasteiger partial charge in [-0.2, -0.15) is 0 Å². The summed E-state index contributed by atoms with van der Waals surface area (Å²) in [5, 5.41) is 12.0. The van der Waals surface area contributed by atoms with E-state index in [-0.39, 0.29) is 12.0 Å². The molecule has 1 aromatic carbocycles. The Labute approximate surface area is 166 Å². The molecular weight excluding hydrogens is 354 g/mol. The van der Waals surface area contributed by atoms with Gasteiger partial charge in [0.1, 0.15) is 18.3 Å². The predicted octanol–water partition coefficient (Wildman–Crippen LogP) is 1.78. The van der Waals surface area contributed by atoms with E-state index in [1.807, 2.05) is 17.3 Å². The molecule has 1 amide bonds. The van der Waals surface area contributed by atoms with Gasteiger partial charge >= 0.3 is 0 Å². The zero-order valence-electron chi connectivity index (χ0n) is 16.3. The number of hydrogen-bond donors (Lipinski definition) is 1. The summed E-state index contributed by atoms with van der Waals surface area (Å²) in [5.41, 5.74) is 1.32. The Morgan fingerprint density at radius 1 is 1.18 bits per heavy atom. The second-order valence-corrected chi connectivity index (χ2v) is 7.66. The van der Waals surface area contributed by atoms with Gasteiger partial charge in [0.05, 0.1) is 6.54 Å². The van der Waals surface area contributed by atoms with Crippen LogP contribution in [0.2, 0.25) is 0 Å². The molecule has 1 atom stereocenters. The number of carbonyl (C=O) groups is 1. The molecule has 2 fully saturated rings. The van der Waals surface area contributed by atoms with E-state index >= 15 is 0 Å². The maximum atomic E-state index is 12.4. The highest BCUT2D eigenvalue weighted by atomic mass is 16.5. The van der Waals surface area contributed by atoms with Crippen LogP contribution in [0.1, 0.15) is 37.1 Å². The lowest BCUT2D eigenvalue weighted by Gasteiger charge is -2.33. The van der Waals surface area contributed by atoms with Gasteiger partial charge in [-0.3, -0.25) is 4.79 Å². The maximum Gasteiger partial charge on any atom is 0.251 e. The van der Waals surface area contributed by atoms with Gasteiger partial charge in [-0.05, 0) is 37.7 Å². The first-order chi connectivity index (χ1) is 13.8. The molecule has 1 unspecified atom stereocenters. The van der Waals surface area contributed by atoms with E-state index in [0.717, 1.165) is 64.2 Å². The zero-order valence-corrected chi connectivity index (χ0v) is 16.3. The maximum absolute atomic E-state index is 12.4. The molecule has 4 rings (SSSR count). The van der Waals surface area contributed by atoms with E-state index in [1.54, 1.807) is 0 Å². The van der Waals surface area contributed by atoms with Crippen molar-refractivity contribution in [3.05, 3.63) is 48.0 Å². The number of rotatable bonds is 7. The SMILES string of the molecule is O=C(C1CCCO1)N1CCC(NCc2nncn2CCc2ccccc2)CC1. The Kier molecular flexibility index (Phi) is 6.34. The summed E-state index contributed by atoms with van der Waals surface area (Å²) in [6.07, 6.45) is 6.38. The Balaban J connectivity index is 1.21. The smallest absolute Gasteiger partial charge is 0.251 e. The van der Waals surface area contributed by atoms with Crippen LogP contribution in [0.5, 0.6) is 0 Å². The molecule has 0 saturated carbocycles. The number of likely N-dealkylation sites (tertiary alicyclic amines) is 1. The lowest BCUT2D eigenvalue weighted by molar-refractivity contribution is -0.142. The fraction of sp³-hybridized carbons (Fsp3) is 0.571. The Hall–Kier alpha value is -2.25. The van der Waals surface area contributed by atoms with Gasteiger partial charge < -0.3 is 19.5 Å². The predicted molar refractivity (Wildman–Crippen MR) is 106 cm³/mol. The summed E-state index contributed by atoms with van der Waals surface area (Å²) in [6, 6.07) is 10.9. The standard InChI is InChI=1S/C21H29N5O2/c27-21(19-7-4-14-28-19)25-12-9-18(10-13-25)22-15-20-24-23-16-26(20)11-8-17-5-2-1-3-6-17/h1-3,5-6,16,18-19,22H,4,7-15H2. The van der Waals surface area contributed by atoms with E-state index in [9.17, 15) is 4.79 Å². The quantitative estimate of drug-likeness (QED) is 0.789. The van der Waals surface area contributed by atoms with E-state index in [0.29, 0.717) is 12.6 Å². The first kappa shape index (κ1) is 19.1. The first-order valence-electron chi connectivity index (χ1n) is 10.3. The van der Waals surface area contributed by atoms with Gasteiger partial charge in [0.15, 0.2) is 0 Å². The van der Waals surface area contributed by atoms with Crippen molar-refractivity contribution in [2.75, 3.05) is 19.7 Å². The number of nitrogens with zero attached hydrogens (tertiary/aromatic N) is 4. The molecule has 7 nitrogen and oxygen atoms in total. The summed E-state index contributed by atoms with van der Waals surface area (Å²) in [7, 11) is 0. The summed E-state index contributed by atoms with van der Waals surface area (Å²) in [6.45, 7) is 3.91. The van der Waals surface area contributed by atoms with E-state index < -0.39 is 0 Å². The second kappa shape index (κ2) is 9.30. The van der Waals surface area contributed by atoms with Crippen LogP contribution in [0.15, 0.2) is 36.7 Å². The highest BCUT2D eigenvalue weighted by molar-refractivity contribution is 5.81. The lowest BCUT2D eigenvalue weighted by atomic mass is 10.0. The summed E-state index contributed by atoms with van der Waals surface area (Å²) in [4.78, 5) is 14.4. The third-order valence-corrected chi connectivity index (χ3v) is 5.74. The molecule has 1 aromatic heterocycles. The highest BCUT2D eigenvalue weighted by Gasteiger charge is 2.30. The van der Waals surface area contributed by atoms with Crippen LogP contribution >= 0.6 is 0 Å². The van der Waals surface area contributed by atoms with Crippen LogP contribution in [0.25, 0.3) is 0 Å². The molecule has 1 N–H and O–H groups in total. The van der Waals surface area contributed by atoms with Crippen molar-refractivity contribution in [1.29, 1.82) is 0 Å². The minimum absolute atomic E-state index is 0.177. The second-order valence-electron chi connectivity index (χ2n) is 7.66. The number of nitrogens with one attached hydrogen (secondary N) is 1. The number of amides is 1. The summed E-state index contributed by atoms with van der Waals surface area (Å²) >= 11 is 0. The fourth-order valence-electron chi connectivity index (χ4n) is 4.01. The number of aromatic nitrogens is 3. The normalized spacial score (nSPS) is 20.6.